The predicted octanol–water partition coefficient (Wildman–Crippen LogP) is 3.01. The molecule has 0 saturated heterocycles. The van der Waals surface area contributed by atoms with Gasteiger partial charge in [-0.05, 0) is 25.8 Å². The van der Waals surface area contributed by atoms with Gasteiger partial charge < -0.3 is 5.32 Å². The summed E-state index contributed by atoms with van der Waals surface area (Å²) < 4.78 is 1.91. The molecular weight excluding hydrogens is 274 g/mol. The molecule has 0 radical (unpaired) electrons. The number of nitrogens with one attached hydrogen (secondary N) is 1. The molecule has 20 heavy (non-hydrogen) atoms. The van der Waals surface area contributed by atoms with Crippen LogP contribution in [-0.2, 0) is 13.0 Å². The number of hydrogen-bond acceptors (Lipinski definition) is 4. The Morgan fingerprint density at radius 2 is 2.10 bits per heavy atom. The molecule has 5 nitrogen and oxygen atoms in total. The van der Waals surface area contributed by atoms with Crippen molar-refractivity contribution in [3.63, 3.8) is 0 Å². The molecule has 0 atom stereocenters. The van der Waals surface area contributed by atoms with E-state index in [1.165, 1.54) is 0 Å². The minimum atomic E-state index is 0.529. The zero-order valence-electron chi connectivity index (χ0n) is 12.1. The highest BCUT2D eigenvalue weighted by molar-refractivity contribution is 6.30. The summed E-state index contributed by atoms with van der Waals surface area (Å²) in [6.07, 6.45) is 5.72. The lowest BCUT2D eigenvalue weighted by atomic mass is 10.3. The molecule has 0 unspecified atom stereocenters. The molecular formula is C14H20ClN5. The number of halogens is 1. The van der Waals surface area contributed by atoms with Crippen LogP contribution in [0.3, 0.4) is 0 Å². The maximum Gasteiger partial charge on any atom is 0.137 e. The van der Waals surface area contributed by atoms with E-state index in [2.05, 4.69) is 27.3 Å². The highest BCUT2D eigenvalue weighted by atomic mass is 35.5. The SMILES string of the molecule is CCCc1nc(Cl)c(C)c(NCCn2cc(C)cn2)n1. The molecule has 0 aliphatic carbocycles. The van der Waals surface area contributed by atoms with Crippen molar-refractivity contribution in [3.05, 3.63) is 34.5 Å². The summed E-state index contributed by atoms with van der Waals surface area (Å²) in [6.45, 7) is 7.60. The first-order valence-electron chi connectivity index (χ1n) is 6.86. The third-order valence-corrected chi connectivity index (χ3v) is 3.37. The van der Waals surface area contributed by atoms with Gasteiger partial charge in [-0.25, -0.2) is 9.97 Å². The lowest BCUT2D eigenvalue weighted by Crippen LogP contribution is -2.14. The first kappa shape index (κ1) is 14.8. The van der Waals surface area contributed by atoms with Crippen molar-refractivity contribution < 1.29 is 0 Å². The average molecular weight is 294 g/mol. The average Bonchev–Trinajstić information content (AvgIpc) is 2.81. The van der Waals surface area contributed by atoms with Crippen LogP contribution in [0.5, 0.6) is 0 Å². The second kappa shape index (κ2) is 6.70. The summed E-state index contributed by atoms with van der Waals surface area (Å²) >= 11 is 6.15. The van der Waals surface area contributed by atoms with Gasteiger partial charge in [0.1, 0.15) is 16.8 Å². The molecule has 0 aromatic carbocycles. The van der Waals surface area contributed by atoms with E-state index >= 15 is 0 Å². The van der Waals surface area contributed by atoms with E-state index in [9.17, 15) is 0 Å². The molecule has 1 N–H and O–H groups in total. The van der Waals surface area contributed by atoms with Crippen molar-refractivity contribution in [2.24, 2.45) is 0 Å². The van der Waals surface area contributed by atoms with Gasteiger partial charge in [0.05, 0.1) is 12.7 Å². The third-order valence-electron chi connectivity index (χ3n) is 3.00. The Labute approximate surface area is 124 Å². The Morgan fingerprint density at radius 1 is 1.30 bits per heavy atom. The van der Waals surface area contributed by atoms with Crippen molar-refractivity contribution in [1.82, 2.24) is 19.7 Å². The molecule has 0 aliphatic rings. The summed E-state index contributed by atoms with van der Waals surface area (Å²) in [5.41, 5.74) is 2.06. The molecule has 2 aromatic rings. The van der Waals surface area contributed by atoms with Crippen molar-refractivity contribution in [3.8, 4) is 0 Å². The first-order valence-corrected chi connectivity index (χ1v) is 7.24. The Hall–Kier alpha value is -1.62. The fourth-order valence-corrected chi connectivity index (χ4v) is 2.11. The van der Waals surface area contributed by atoms with E-state index in [0.29, 0.717) is 5.15 Å². The zero-order valence-corrected chi connectivity index (χ0v) is 12.9. The normalized spacial score (nSPS) is 10.8. The smallest absolute Gasteiger partial charge is 0.137 e. The van der Waals surface area contributed by atoms with E-state index in [-0.39, 0.29) is 0 Å². The molecule has 0 saturated carbocycles. The number of nitrogens with zero attached hydrogens (tertiary/aromatic N) is 4. The van der Waals surface area contributed by atoms with Crippen molar-refractivity contribution >= 4 is 17.4 Å². The summed E-state index contributed by atoms with van der Waals surface area (Å²) in [6, 6.07) is 0. The van der Waals surface area contributed by atoms with Gasteiger partial charge in [0.2, 0.25) is 0 Å². The minimum absolute atomic E-state index is 0.529. The van der Waals surface area contributed by atoms with Gasteiger partial charge in [0.25, 0.3) is 0 Å². The quantitative estimate of drug-likeness (QED) is 0.832. The van der Waals surface area contributed by atoms with Crippen LogP contribution in [0.15, 0.2) is 12.4 Å². The Morgan fingerprint density at radius 3 is 2.75 bits per heavy atom. The molecule has 2 rings (SSSR count). The van der Waals surface area contributed by atoms with Crippen LogP contribution in [0.4, 0.5) is 5.82 Å². The maximum atomic E-state index is 6.15. The monoisotopic (exact) mass is 293 g/mol. The van der Waals surface area contributed by atoms with Gasteiger partial charge in [-0.1, -0.05) is 18.5 Å². The molecule has 6 heteroatoms. The van der Waals surface area contributed by atoms with Crippen LogP contribution in [0.2, 0.25) is 5.15 Å². The topological polar surface area (TPSA) is 55.6 Å². The summed E-state index contributed by atoms with van der Waals surface area (Å²) in [4.78, 5) is 8.81. The zero-order chi connectivity index (χ0) is 14.5. The summed E-state index contributed by atoms with van der Waals surface area (Å²) in [5, 5.41) is 8.09. The second-order valence-electron chi connectivity index (χ2n) is 4.86. The number of aromatic nitrogens is 4. The lowest BCUT2D eigenvalue weighted by molar-refractivity contribution is 0.636. The molecule has 0 spiro atoms. The number of aryl methyl sites for hydroxylation is 2. The predicted molar refractivity (Wildman–Crippen MR) is 81.2 cm³/mol. The lowest BCUT2D eigenvalue weighted by Gasteiger charge is -2.11. The van der Waals surface area contributed by atoms with Crippen LogP contribution in [0, 0.1) is 13.8 Å². The highest BCUT2D eigenvalue weighted by Gasteiger charge is 2.08. The molecule has 108 valence electrons. The van der Waals surface area contributed by atoms with E-state index in [0.717, 1.165) is 48.7 Å². The first-order chi connectivity index (χ1) is 9.60. The Kier molecular flexibility index (Phi) is 4.95. The molecule has 2 aromatic heterocycles. The van der Waals surface area contributed by atoms with E-state index in [1.807, 2.05) is 30.9 Å². The van der Waals surface area contributed by atoms with Crippen LogP contribution in [0.25, 0.3) is 0 Å². The second-order valence-corrected chi connectivity index (χ2v) is 5.22. The van der Waals surface area contributed by atoms with Crippen molar-refractivity contribution in [1.29, 1.82) is 0 Å². The van der Waals surface area contributed by atoms with E-state index in [1.54, 1.807) is 0 Å². The van der Waals surface area contributed by atoms with Crippen molar-refractivity contribution in [2.75, 3.05) is 11.9 Å². The number of hydrogen-bond donors (Lipinski definition) is 1. The van der Waals surface area contributed by atoms with Gasteiger partial charge in [0, 0.05) is 24.7 Å². The number of anilines is 1. The maximum absolute atomic E-state index is 6.15. The van der Waals surface area contributed by atoms with Crippen molar-refractivity contribution in [2.45, 2.75) is 40.2 Å². The molecule has 2 heterocycles. The third kappa shape index (κ3) is 3.70. The van der Waals surface area contributed by atoms with E-state index in [4.69, 9.17) is 11.6 Å². The van der Waals surface area contributed by atoms with Crippen LogP contribution < -0.4 is 5.32 Å². The Balaban J connectivity index is 2.01. The standard InChI is InChI=1S/C14H20ClN5/c1-4-5-12-18-13(15)11(3)14(19-12)16-6-7-20-9-10(2)8-17-20/h8-9H,4-7H2,1-3H3,(H,16,18,19). The highest BCUT2D eigenvalue weighted by Crippen LogP contribution is 2.20. The van der Waals surface area contributed by atoms with Gasteiger partial charge in [0.15, 0.2) is 0 Å². The van der Waals surface area contributed by atoms with Gasteiger partial charge in [-0.2, -0.15) is 5.10 Å². The summed E-state index contributed by atoms with van der Waals surface area (Å²) in [5.74, 6) is 1.61. The largest absolute Gasteiger partial charge is 0.368 e. The van der Waals surface area contributed by atoms with Gasteiger partial charge in [-0.3, -0.25) is 4.68 Å². The van der Waals surface area contributed by atoms with E-state index < -0.39 is 0 Å². The number of rotatable bonds is 6. The van der Waals surface area contributed by atoms with Crippen LogP contribution >= 0.6 is 11.6 Å². The minimum Gasteiger partial charge on any atom is -0.368 e. The fourth-order valence-electron chi connectivity index (χ4n) is 1.92. The van der Waals surface area contributed by atoms with Crippen LogP contribution in [-0.4, -0.2) is 26.3 Å². The molecule has 0 amide bonds. The Bertz CT molecular complexity index is 579. The molecule has 0 bridgehead atoms. The van der Waals surface area contributed by atoms with Crippen LogP contribution in [0.1, 0.15) is 30.3 Å². The van der Waals surface area contributed by atoms with Gasteiger partial charge >= 0.3 is 0 Å². The molecule has 0 aliphatic heterocycles. The molecule has 0 fully saturated rings. The fraction of sp³-hybridized carbons (Fsp3) is 0.500. The summed E-state index contributed by atoms with van der Waals surface area (Å²) in [7, 11) is 0. The van der Waals surface area contributed by atoms with Gasteiger partial charge in [-0.15, -0.1) is 0 Å².